The average molecular weight is 229 g/mol. The summed E-state index contributed by atoms with van der Waals surface area (Å²) >= 11 is 0. The maximum absolute atomic E-state index is 11.5. The van der Waals surface area contributed by atoms with E-state index < -0.39 is 10.0 Å². The first-order valence-corrected chi connectivity index (χ1v) is 6.28. The van der Waals surface area contributed by atoms with Crippen LogP contribution in [0.15, 0.2) is 24.3 Å². The second-order valence-electron chi connectivity index (χ2n) is 3.33. The largest absolute Gasteiger partial charge is 0.508 e. The lowest BCUT2D eigenvalue weighted by atomic mass is 10.2. The van der Waals surface area contributed by atoms with Crippen LogP contribution in [0, 0.1) is 0 Å². The Balaban J connectivity index is 2.79. The van der Waals surface area contributed by atoms with Gasteiger partial charge in [-0.3, -0.25) is 0 Å². The fraction of sp³-hybridized carbons (Fsp3) is 0.400. The highest BCUT2D eigenvalue weighted by atomic mass is 32.2. The van der Waals surface area contributed by atoms with Crippen LogP contribution in [0.3, 0.4) is 0 Å². The number of phenolic OH excluding ortho intramolecular Hbond substituents is 1. The van der Waals surface area contributed by atoms with Gasteiger partial charge in [-0.25, -0.2) is 12.7 Å². The van der Waals surface area contributed by atoms with Crippen molar-refractivity contribution in [3.8, 4) is 5.75 Å². The predicted molar refractivity (Wildman–Crippen MR) is 59.0 cm³/mol. The van der Waals surface area contributed by atoms with Crippen molar-refractivity contribution in [3.05, 3.63) is 29.8 Å². The van der Waals surface area contributed by atoms with Crippen molar-refractivity contribution in [1.82, 2.24) is 4.31 Å². The van der Waals surface area contributed by atoms with Gasteiger partial charge in [0.1, 0.15) is 5.75 Å². The Labute approximate surface area is 90.2 Å². The molecular weight excluding hydrogens is 214 g/mol. The molecule has 0 aromatic heterocycles. The van der Waals surface area contributed by atoms with Crippen LogP contribution in [0.5, 0.6) is 5.75 Å². The molecule has 0 aliphatic rings. The maximum Gasteiger partial charge on any atom is 0.213 e. The molecule has 5 heteroatoms. The Morgan fingerprint density at radius 3 is 2.60 bits per heavy atom. The van der Waals surface area contributed by atoms with Crippen molar-refractivity contribution in [2.45, 2.75) is 13.5 Å². The number of nitrogens with zero attached hydrogens (tertiary/aromatic N) is 1. The summed E-state index contributed by atoms with van der Waals surface area (Å²) in [6.45, 7) is 1.89. The van der Waals surface area contributed by atoms with Crippen molar-refractivity contribution in [2.75, 3.05) is 12.8 Å². The Bertz CT molecular complexity index is 428. The first kappa shape index (κ1) is 12.0. The lowest BCUT2D eigenvalue weighted by Crippen LogP contribution is -2.27. The molecule has 0 bridgehead atoms. The molecular formula is C10H15NO3S. The Morgan fingerprint density at radius 2 is 2.07 bits per heavy atom. The van der Waals surface area contributed by atoms with Gasteiger partial charge in [0.25, 0.3) is 0 Å². The fourth-order valence-corrected chi connectivity index (χ4v) is 2.02. The molecule has 0 amide bonds. The molecule has 0 atom stereocenters. The predicted octanol–water partition coefficient (Wildman–Crippen LogP) is 1.17. The molecule has 0 saturated heterocycles. The maximum atomic E-state index is 11.5. The van der Waals surface area contributed by atoms with Crippen LogP contribution in [-0.2, 0) is 16.6 Å². The summed E-state index contributed by atoms with van der Waals surface area (Å²) in [5.41, 5.74) is 0.773. The molecule has 0 fully saturated rings. The molecule has 1 rings (SSSR count). The number of hydrogen-bond donors (Lipinski definition) is 1. The molecule has 0 aliphatic carbocycles. The number of hydrogen-bond acceptors (Lipinski definition) is 3. The van der Waals surface area contributed by atoms with Gasteiger partial charge in [-0.2, -0.15) is 0 Å². The number of sulfonamides is 1. The molecule has 0 saturated carbocycles. The molecule has 84 valence electrons. The van der Waals surface area contributed by atoms with Crippen molar-refractivity contribution >= 4 is 10.0 Å². The quantitative estimate of drug-likeness (QED) is 0.843. The average Bonchev–Trinajstić information content (AvgIpc) is 2.17. The van der Waals surface area contributed by atoms with Crippen LogP contribution in [0.1, 0.15) is 12.5 Å². The third-order valence-electron chi connectivity index (χ3n) is 2.16. The van der Waals surface area contributed by atoms with E-state index in [-0.39, 0.29) is 18.0 Å². The van der Waals surface area contributed by atoms with Gasteiger partial charge < -0.3 is 5.11 Å². The minimum Gasteiger partial charge on any atom is -0.508 e. The number of rotatable bonds is 4. The third kappa shape index (κ3) is 3.21. The second-order valence-corrected chi connectivity index (χ2v) is 5.69. The van der Waals surface area contributed by atoms with E-state index in [1.807, 2.05) is 0 Å². The van der Waals surface area contributed by atoms with Crippen LogP contribution >= 0.6 is 0 Å². The third-order valence-corrected chi connectivity index (χ3v) is 3.96. The number of aromatic hydroxyl groups is 1. The van der Waals surface area contributed by atoms with Gasteiger partial charge in [0, 0.05) is 13.6 Å². The smallest absolute Gasteiger partial charge is 0.213 e. The minimum atomic E-state index is -3.16. The molecule has 15 heavy (non-hydrogen) atoms. The second kappa shape index (κ2) is 4.63. The first-order valence-electron chi connectivity index (χ1n) is 4.67. The van der Waals surface area contributed by atoms with Crippen LogP contribution in [0.2, 0.25) is 0 Å². The fourth-order valence-electron chi connectivity index (χ4n) is 1.23. The standard InChI is InChI=1S/C10H15NO3S/c1-3-15(13,14)11(2)8-9-5-4-6-10(12)7-9/h4-7,12H,3,8H2,1-2H3. The topological polar surface area (TPSA) is 57.6 Å². The highest BCUT2D eigenvalue weighted by Gasteiger charge is 2.14. The summed E-state index contributed by atoms with van der Waals surface area (Å²) in [7, 11) is -1.63. The van der Waals surface area contributed by atoms with Gasteiger partial charge >= 0.3 is 0 Å². The molecule has 0 unspecified atom stereocenters. The molecule has 0 radical (unpaired) electrons. The van der Waals surface area contributed by atoms with Gasteiger partial charge in [-0.05, 0) is 24.6 Å². The highest BCUT2D eigenvalue weighted by Crippen LogP contribution is 2.13. The van der Waals surface area contributed by atoms with Gasteiger partial charge in [-0.1, -0.05) is 12.1 Å². The van der Waals surface area contributed by atoms with E-state index in [4.69, 9.17) is 0 Å². The van der Waals surface area contributed by atoms with E-state index in [1.165, 1.54) is 11.4 Å². The summed E-state index contributed by atoms with van der Waals surface area (Å²) in [5, 5.41) is 9.22. The Hall–Kier alpha value is -1.07. The van der Waals surface area contributed by atoms with Crippen molar-refractivity contribution in [1.29, 1.82) is 0 Å². The summed E-state index contributed by atoms with van der Waals surface area (Å²) < 4.78 is 24.2. The van der Waals surface area contributed by atoms with E-state index in [0.29, 0.717) is 0 Å². The molecule has 1 aromatic carbocycles. The lowest BCUT2D eigenvalue weighted by molar-refractivity contribution is 0.459. The van der Waals surface area contributed by atoms with Gasteiger partial charge in [0.15, 0.2) is 0 Å². The highest BCUT2D eigenvalue weighted by molar-refractivity contribution is 7.89. The number of benzene rings is 1. The zero-order chi connectivity index (χ0) is 11.5. The molecule has 4 nitrogen and oxygen atoms in total. The van der Waals surface area contributed by atoms with Crippen molar-refractivity contribution < 1.29 is 13.5 Å². The molecule has 1 N–H and O–H groups in total. The lowest BCUT2D eigenvalue weighted by Gasteiger charge is -2.15. The molecule has 0 spiro atoms. The Morgan fingerprint density at radius 1 is 1.40 bits per heavy atom. The summed E-state index contributed by atoms with van der Waals surface area (Å²) in [5.74, 6) is 0.234. The SMILES string of the molecule is CCS(=O)(=O)N(C)Cc1cccc(O)c1. The van der Waals surface area contributed by atoms with Crippen LogP contribution in [-0.4, -0.2) is 30.6 Å². The minimum absolute atomic E-state index is 0.0856. The molecule has 1 aromatic rings. The first-order chi connectivity index (χ1) is 6.95. The summed E-state index contributed by atoms with van der Waals surface area (Å²) in [4.78, 5) is 0. The zero-order valence-electron chi connectivity index (χ0n) is 8.84. The van der Waals surface area contributed by atoms with Gasteiger partial charge in [-0.15, -0.1) is 0 Å². The van der Waals surface area contributed by atoms with E-state index in [0.717, 1.165) is 5.56 Å². The van der Waals surface area contributed by atoms with Crippen LogP contribution in [0.4, 0.5) is 0 Å². The number of phenols is 1. The van der Waals surface area contributed by atoms with Crippen molar-refractivity contribution in [3.63, 3.8) is 0 Å². The van der Waals surface area contributed by atoms with E-state index in [2.05, 4.69) is 0 Å². The van der Waals surface area contributed by atoms with Gasteiger partial charge in [0.2, 0.25) is 10.0 Å². The molecule has 0 heterocycles. The summed E-state index contributed by atoms with van der Waals surface area (Å²) in [6, 6.07) is 6.58. The van der Waals surface area contributed by atoms with Crippen LogP contribution < -0.4 is 0 Å². The monoisotopic (exact) mass is 229 g/mol. The van der Waals surface area contributed by atoms with E-state index in [9.17, 15) is 13.5 Å². The molecule has 0 aliphatic heterocycles. The van der Waals surface area contributed by atoms with Crippen molar-refractivity contribution in [2.24, 2.45) is 0 Å². The van der Waals surface area contributed by atoms with Crippen LogP contribution in [0.25, 0.3) is 0 Å². The normalized spacial score (nSPS) is 11.9. The van der Waals surface area contributed by atoms with E-state index in [1.54, 1.807) is 31.2 Å². The Kier molecular flexibility index (Phi) is 3.71. The van der Waals surface area contributed by atoms with Gasteiger partial charge in [0.05, 0.1) is 5.75 Å². The van der Waals surface area contributed by atoms with E-state index >= 15 is 0 Å². The summed E-state index contributed by atoms with van der Waals surface area (Å²) in [6.07, 6.45) is 0. The zero-order valence-corrected chi connectivity index (χ0v) is 9.66.